The van der Waals surface area contributed by atoms with Crippen LogP contribution < -0.4 is 15.8 Å². The highest BCUT2D eigenvalue weighted by Gasteiger charge is 2.03. The van der Waals surface area contributed by atoms with Crippen LogP contribution in [0.2, 0.25) is 0 Å². The predicted molar refractivity (Wildman–Crippen MR) is 76.0 cm³/mol. The first kappa shape index (κ1) is 13.9. The molecule has 0 bridgehead atoms. The molecule has 0 saturated carbocycles. The fraction of sp³-hybridized carbons (Fsp3) is 0.133. The van der Waals surface area contributed by atoms with Crippen molar-refractivity contribution < 1.29 is 13.9 Å². The number of hydrogen-bond acceptors (Lipinski definition) is 3. The predicted octanol–water partition coefficient (Wildman–Crippen LogP) is 2.82. The van der Waals surface area contributed by atoms with Crippen LogP contribution in [0.15, 0.2) is 48.5 Å². The van der Waals surface area contributed by atoms with Gasteiger partial charge in [0.1, 0.15) is 11.6 Å². The Kier molecular flexibility index (Phi) is 4.55. The molecule has 0 saturated heterocycles. The minimum atomic E-state index is -0.321. The molecule has 2 rings (SSSR count). The average molecular weight is 274 g/mol. The Labute approximate surface area is 116 Å². The summed E-state index contributed by atoms with van der Waals surface area (Å²) in [6, 6.07) is 12.5. The van der Waals surface area contributed by atoms with Crippen LogP contribution >= 0.6 is 0 Å². The number of anilines is 2. The Bertz CT molecular complexity index is 567. The van der Waals surface area contributed by atoms with Crippen LogP contribution in [-0.2, 0) is 4.79 Å². The number of hydrogen-bond donors (Lipinski definition) is 2. The van der Waals surface area contributed by atoms with Crippen molar-refractivity contribution in [1.29, 1.82) is 0 Å². The van der Waals surface area contributed by atoms with Gasteiger partial charge < -0.3 is 15.8 Å². The van der Waals surface area contributed by atoms with Gasteiger partial charge in [0.05, 0.1) is 13.0 Å². The Hall–Kier alpha value is -2.56. The molecule has 0 spiro atoms. The van der Waals surface area contributed by atoms with E-state index in [9.17, 15) is 9.18 Å². The molecule has 0 atom stereocenters. The number of ether oxygens (including phenoxy) is 1. The second-order valence-corrected chi connectivity index (χ2v) is 4.22. The smallest absolute Gasteiger partial charge is 0.227 e. The third kappa shape index (κ3) is 4.28. The van der Waals surface area contributed by atoms with Gasteiger partial charge in [0.2, 0.25) is 5.91 Å². The maximum absolute atomic E-state index is 12.7. The van der Waals surface area contributed by atoms with E-state index in [1.165, 1.54) is 24.3 Å². The molecule has 104 valence electrons. The van der Waals surface area contributed by atoms with E-state index >= 15 is 0 Å². The van der Waals surface area contributed by atoms with E-state index in [1.807, 2.05) is 0 Å². The van der Waals surface area contributed by atoms with Gasteiger partial charge in [-0.2, -0.15) is 0 Å². The molecule has 3 N–H and O–H groups in total. The fourth-order valence-corrected chi connectivity index (χ4v) is 1.58. The van der Waals surface area contributed by atoms with Crippen molar-refractivity contribution >= 4 is 17.3 Å². The Morgan fingerprint density at radius 1 is 1.10 bits per heavy atom. The van der Waals surface area contributed by atoms with Crippen LogP contribution in [0.3, 0.4) is 0 Å². The van der Waals surface area contributed by atoms with E-state index in [2.05, 4.69) is 5.32 Å². The van der Waals surface area contributed by atoms with E-state index in [4.69, 9.17) is 10.5 Å². The first-order valence-electron chi connectivity index (χ1n) is 6.17. The van der Waals surface area contributed by atoms with Gasteiger partial charge >= 0.3 is 0 Å². The summed E-state index contributed by atoms with van der Waals surface area (Å²) < 4.78 is 18.0. The van der Waals surface area contributed by atoms with Gasteiger partial charge in [-0.05, 0) is 48.5 Å². The Morgan fingerprint density at radius 2 is 1.75 bits per heavy atom. The molecule has 4 nitrogen and oxygen atoms in total. The lowest BCUT2D eigenvalue weighted by atomic mass is 10.3. The van der Waals surface area contributed by atoms with Gasteiger partial charge in [0.15, 0.2) is 0 Å². The number of nitrogens with one attached hydrogen (secondary N) is 1. The minimum Gasteiger partial charge on any atom is -0.493 e. The first-order chi connectivity index (χ1) is 9.63. The van der Waals surface area contributed by atoms with Crippen molar-refractivity contribution in [3.63, 3.8) is 0 Å². The summed E-state index contributed by atoms with van der Waals surface area (Å²) >= 11 is 0. The van der Waals surface area contributed by atoms with Gasteiger partial charge in [0, 0.05) is 11.4 Å². The third-order valence-corrected chi connectivity index (χ3v) is 2.61. The van der Waals surface area contributed by atoms with Crippen LogP contribution in [0, 0.1) is 5.82 Å². The third-order valence-electron chi connectivity index (χ3n) is 2.61. The molecule has 2 aromatic carbocycles. The molecule has 1 amide bonds. The fourth-order valence-electron chi connectivity index (χ4n) is 1.58. The summed E-state index contributed by atoms with van der Waals surface area (Å²) in [7, 11) is 0. The summed E-state index contributed by atoms with van der Waals surface area (Å²) in [5.74, 6) is 0.0574. The van der Waals surface area contributed by atoms with Crippen molar-refractivity contribution in [3.05, 3.63) is 54.3 Å². The molecule has 5 heteroatoms. The second kappa shape index (κ2) is 6.56. The van der Waals surface area contributed by atoms with E-state index in [-0.39, 0.29) is 24.8 Å². The Morgan fingerprint density at radius 3 is 2.40 bits per heavy atom. The largest absolute Gasteiger partial charge is 0.493 e. The summed E-state index contributed by atoms with van der Waals surface area (Å²) in [5.41, 5.74) is 6.88. The van der Waals surface area contributed by atoms with Crippen LogP contribution in [0.25, 0.3) is 0 Å². The molecular weight excluding hydrogens is 259 g/mol. The molecule has 0 fully saturated rings. The monoisotopic (exact) mass is 274 g/mol. The topological polar surface area (TPSA) is 64.3 Å². The zero-order valence-corrected chi connectivity index (χ0v) is 10.8. The van der Waals surface area contributed by atoms with E-state index < -0.39 is 0 Å². The van der Waals surface area contributed by atoms with Crippen LogP contribution in [-0.4, -0.2) is 12.5 Å². The molecule has 0 heterocycles. The first-order valence-corrected chi connectivity index (χ1v) is 6.17. The van der Waals surface area contributed by atoms with Crippen molar-refractivity contribution in [1.82, 2.24) is 0 Å². The number of carbonyl (C=O) groups is 1. The highest BCUT2D eigenvalue weighted by atomic mass is 19.1. The molecule has 0 unspecified atom stereocenters. The average Bonchev–Trinajstić information content (AvgIpc) is 2.44. The Balaban J connectivity index is 1.75. The highest BCUT2D eigenvalue weighted by molar-refractivity contribution is 5.90. The lowest BCUT2D eigenvalue weighted by Crippen LogP contribution is -2.15. The SMILES string of the molecule is Nc1ccc(NC(=O)CCOc2ccc(F)cc2)cc1. The van der Waals surface area contributed by atoms with E-state index in [0.29, 0.717) is 17.1 Å². The van der Waals surface area contributed by atoms with Crippen LogP contribution in [0.5, 0.6) is 5.75 Å². The summed E-state index contributed by atoms with van der Waals surface area (Å²) in [6.07, 6.45) is 0.210. The van der Waals surface area contributed by atoms with Gasteiger partial charge in [0.25, 0.3) is 0 Å². The zero-order valence-electron chi connectivity index (χ0n) is 10.8. The maximum atomic E-state index is 12.7. The lowest BCUT2D eigenvalue weighted by Gasteiger charge is -2.07. The molecule has 20 heavy (non-hydrogen) atoms. The molecule has 0 aromatic heterocycles. The van der Waals surface area contributed by atoms with Gasteiger partial charge in [-0.15, -0.1) is 0 Å². The number of nitrogens with two attached hydrogens (primary N) is 1. The quantitative estimate of drug-likeness (QED) is 0.824. The van der Waals surface area contributed by atoms with Crippen molar-refractivity contribution in [2.45, 2.75) is 6.42 Å². The summed E-state index contributed by atoms with van der Waals surface area (Å²) in [6.45, 7) is 0.229. The minimum absolute atomic E-state index is 0.156. The van der Waals surface area contributed by atoms with Crippen molar-refractivity contribution in [2.24, 2.45) is 0 Å². The number of amides is 1. The maximum Gasteiger partial charge on any atom is 0.227 e. The molecule has 0 radical (unpaired) electrons. The standard InChI is InChI=1S/C15H15FN2O2/c16-11-1-7-14(8-2-11)20-10-9-15(19)18-13-5-3-12(17)4-6-13/h1-8H,9-10,17H2,(H,18,19). The second-order valence-electron chi connectivity index (χ2n) is 4.22. The summed E-state index contributed by atoms with van der Waals surface area (Å²) in [5, 5.41) is 2.73. The van der Waals surface area contributed by atoms with Gasteiger partial charge in [-0.1, -0.05) is 0 Å². The highest BCUT2D eigenvalue weighted by Crippen LogP contribution is 2.12. The van der Waals surface area contributed by atoms with Gasteiger partial charge in [-0.3, -0.25) is 4.79 Å². The lowest BCUT2D eigenvalue weighted by molar-refractivity contribution is -0.116. The molecule has 0 aliphatic rings. The van der Waals surface area contributed by atoms with Crippen LogP contribution in [0.4, 0.5) is 15.8 Å². The van der Waals surface area contributed by atoms with Crippen molar-refractivity contribution in [2.75, 3.05) is 17.7 Å². The number of nitrogen functional groups attached to an aromatic ring is 1. The molecule has 0 aliphatic carbocycles. The van der Waals surface area contributed by atoms with E-state index in [0.717, 1.165) is 0 Å². The molecular formula is C15H15FN2O2. The van der Waals surface area contributed by atoms with Gasteiger partial charge in [-0.25, -0.2) is 4.39 Å². The molecule has 0 aliphatic heterocycles. The summed E-state index contributed by atoms with van der Waals surface area (Å²) in [4.78, 5) is 11.7. The van der Waals surface area contributed by atoms with Crippen molar-refractivity contribution in [3.8, 4) is 5.75 Å². The number of carbonyl (C=O) groups excluding carboxylic acids is 1. The van der Waals surface area contributed by atoms with Crippen LogP contribution in [0.1, 0.15) is 6.42 Å². The zero-order chi connectivity index (χ0) is 14.4. The number of halogens is 1. The van der Waals surface area contributed by atoms with E-state index in [1.54, 1.807) is 24.3 Å². The number of rotatable bonds is 5. The molecule has 2 aromatic rings. The normalized spacial score (nSPS) is 10.1. The number of benzene rings is 2.